The molecule has 0 heterocycles. The van der Waals surface area contributed by atoms with Gasteiger partial charge in [-0.15, -0.1) is 0 Å². The monoisotopic (exact) mass is 365 g/mol. The van der Waals surface area contributed by atoms with Crippen molar-refractivity contribution in [3.8, 4) is 11.5 Å². The van der Waals surface area contributed by atoms with Crippen LogP contribution in [0.4, 0.5) is 5.69 Å². The fourth-order valence-corrected chi connectivity index (χ4v) is 2.77. The zero-order valence-corrected chi connectivity index (χ0v) is 15.5. The molecule has 0 saturated heterocycles. The van der Waals surface area contributed by atoms with Crippen molar-refractivity contribution in [3.05, 3.63) is 88.4 Å². The topological polar surface area (TPSA) is 38.3 Å². The molecule has 0 aromatic heterocycles. The molecule has 3 rings (SSSR count). The highest BCUT2D eigenvalue weighted by molar-refractivity contribution is 6.31. The molecule has 0 aliphatic carbocycles. The van der Waals surface area contributed by atoms with E-state index in [1.54, 1.807) is 18.2 Å². The Balaban J connectivity index is 1.76. The van der Waals surface area contributed by atoms with Crippen LogP contribution in [0.5, 0.6) is 11.5 Å². The standard InChI is InChI=1S/C22H20ClNO2/c1-15-8-9-17(12-16(15)2)13-22(25)24-20-14-18(23)10-11-21(20)26-19-6-4-3-5-7-19/h3-12,14H,13H2,1-2H3,(H,24,25). The Morgan fingerprint density at radius 2 is 1.73 bits per heavy atom. The van der Waals surface area contributed by atoms with E-state index < -0.39 is 0 Å². The zero-order chi connectivity index (χ0) is 18.5. The van der Waals surface area contributed by atoms with Crippen LogP contribution in [0.25, 0.3) is 0 Å². The largest absolute Gasteiger partial charge is 0.455 e. The number of carbonyl (C=O) groups excluding carboxylic acids is 1. The fourth-order valence-electron chi connectivity index (χ4n) is 2.60. The molecule has 3 aromatic carbocycles. The maximum atomic E-state index is 12.5. The molecule has 26 heavy (non-hydrogen) atoms. The molecule has 0 bridgehead atoms. The SMILES string of the molecule is Cc1ccc(CC(=O)Nc2cc(Cl)ccc2Oc2ccccc2)cc1C. The van der Waals surface area contributed by atoms with Crippen LogP contribution < -0.4 is 10.1 Å². The fraction of sp³-hybridized carbons (Fsp3) is 0.136. The van der Waals surface area contributed by atoms with Crippen molar-refractivity contribution in [1.82, 2.24) is 0 Å². The Morgan fingerprint density at radius 1 is 0.962 bits per heavy atom. The van der Waals surface area contributed by atoms with Gasteiger partial charge in [-0.25, -0.2) is 0 Å². The number of anilines is 1. The second-order valence-electron chi connectivity index (χ2n) is 6.20. The second kappa shape index (κ2) is 8.07. The lowest BCUT2D eigenvalue weighted by Crippen LogP contribution is -2.15. The Kier molecular flexibility index (Phi) is 5.59. The molecule has 0 fully saturated rings. The number of amides is 1. The van der Waals surface area contributed by atoms with Crippen molar-refractivity contribution in [2.24, 2.45) is 0 Å². The lowest BCUT2D eigenvalue weighted by Gasteiger charge is -2.13. The average Bonchev–Trinajstić information content (AvgIpc) is 2.61. The summed E-state index contributed by atoms with van der Waals surface area (Å²) in [4.78, 5) is 12.5. The van der Waals surface area contributed by atoms with Gasteiger partial charge in [-0.3, -0.25) is 4.79 Å². The van der Waals surface area contributed by atoms with Gasteiger partial charge >= 0.3 is 0 Å². The number of carbonyl (C=O) groups is 1. The van der Waals surface area contributed by atoms with Gasteiger partial charge in [-0.1, -0.05) is 48.0 Å². The summed E-state index contributed by atoms with van der Waals surface area (Å²) in [6.45, 7) is 4.10. The quantitative estimate of drug-likeness (QED) is 0.608. The number of hydrogen-bond acceptors (Lipinski definition) is 2. The second-order valence-corrected chi connectivity index (χ2v) is 6.64. The first-order chi connectivity index (χ1) is 12.5. The van der Waals surface area contributed by atoms with Crippen LogP contribution >= 0.6 is 11.6 Å². The lowest BCUT2D eigenvalue weighted by molar-refractivity contribution is -0.115. The highest BCUT2D eigenvalue weighted by Crippen LogP contribution is 2.32. The van der Waals surface area contributed by atoms with Crippen LogP contribution in [0.3, 0.4) is 0 Å². The van der Waals surface area contributed by atoms with Gasteiger partial charge in [0.2, 0.25) is 5.91 Å². The summed E-state index contributed by atoms with van der Waals surface area (Å²) in [7, 11) is 0. The third-order valence-corrected chi connectivity index (χ3v) is 4.36. The molecule has 1 amide bonds. The number of aryl methyl sites for hydroxylation is 2. The molecule has 4 heteroatoms. The van der Waals surface area contributed by atoms with E-state index in [0.717, 1.165) is 5.56 Å². The molecule has 0 unspecified atom stereocenters. The minimum absolute atomic E-state index is 0.117. The van der Waals surface area contributed by atoms with Crippen molar-refractivity contribution in [1.29, 1.82) is 0 Å². The molecule has 0 radical (unpaired) electrons. The molecule has 3 aromatic rings. The van der Waals surface area contributed by atoms with Crippen LogP contribution in [-0.2, 0) is 11.2 Å². The minimum Gasteiger partial charge on any atom is -0.455 e. The van der Waals surface area contributed by atoms with E-state index in [1.165, 1.54) is 11.1 Å². The zero-order valence-electron chi connectivity index (χ0n) is 14.8. The highest BCUT2D eigenvalue weighted by atomic mass is 35.5. The number of nitrogens with one attached hydrogen (secondary N) is 1. The molecule has 0 atom stereocenters. The van der Waals surface area contributed by atoms with Crippen molar-refractivity contribution >= 4 is 23.2 Å². The van der Waals surface area contributed by atoms with E-state index in [0.29, 0.717) is 28.6 Å². The van der Waals surface area contributed by atoms with Gasteiger partial charge in [0.05, 0.1) is 12.1 Å². The predicted molar refractivity (Wildman–Crippen MR) is 106 cm³/mol. The van der Waals surface area contributed by atoms with Crippen LogP contribution in [0.1, 0.15) is 16.7 Å². The average molecular weight is 366 g/mol. The van der Waals surface area contributed by atoms with Crippen molar-refractivity contribution in [2.75, 3.05) is 5.32 Å². The molecular weight excluding hydrogens is 346 g/mol. The summed E-state index contributed by atoms with van der Waals surface area (Å²) in [5.41, 5.74) is 3.90. The number of ether oxygens (including phenoxy) is 1. The van der Waals surface area contributed by atoms with Gasteiger partial charge in [-0.2, -0.15) is 0 Å². The molecule has 0 aliphatic rings. The molecular formula is C22H20ClNO2. The van der Waals surface area contributed by atoms with E-state index in [4.69, 9.17) is 16.3 Å². The van der Waals surface area contributed by atoms with Crippen LogP contribution in [0.2, 0.25) is 5.02 Å². The van der Waals surface area contributed by atoms with Gasteiger partial charge in [0.25, 0.3) is 0 Å². The van der Waals surface area contributed by atoms with Gasteiger partial charge in [0, 0.05) is 5.02 Å². The van der Waals surface area contributed by atoms with Gasteiger partial charge in [-0.05, 0) is 60.9 Å². The summed E-state index contributed by atoms with van der Waals surface area (Å²) in [5.74, 6) is 1.13. The van der Waals surface area contributed by atoms with E-state index in [1.807, 2.05) is 55.5 Å². The third kappa shape index (κ3) is 4.64. The Bertz CT molecular complexity index is 923. The van der Waals surface area contributed by atoms with Crippen LogP contribution in [-0.4, -0.2) is 5.91 Å². The van der Waals surface area contributed by atoms with E-state index in [-0.39, 0.29) is 5.91 Å². The third-order valence-electron chi connectivity index (χ3n) is 4.12. The van der Waals surface area contributed by atoms with E-state index >= 15 is 0 Å². The summed E-state index contributed by atoms with van der Waals surface area (Å²) >= 11 is 6.09. The molecule has 0 saturated carbocycles. The van der Waals surface area contributed by atoms with Crippen molar-refractivity contribution in [2.45, 2.75) is 20.3 Å². The lowest BCUT2D eigenvalue weighted by atomic mass is 10.0. The summed E-state index contributed by atoms with van der Waals surface area (Å²) < 4.78 is 5.88. The Hall–Kier alpha value is -2.78. The Labute approximate surface area is 158 Å². The molecule has 3 nitrogen and oxygen atoms in total. The summed E-state index contributed by atoms with van der Waals surface area (Å²) in [6, 6.07) is 20.6. The minimum atomic E-state index is -0.117. The number of hydrogen-bond donors (Lipinski definition) is 1. The van der Waals surface area contributed by atoms with Gasteiger partial charge in [0.15, 0.2) is 5.75 Å². The maximum Gasteiger partial charge on any atom is 0.228 e. The number of para-hydroxylation sites is 1. The Morgan fingerprint density at radius 3 is 2.46 bits per heavy atom. The predicted octanol–water partition coefficient (Wildman–Crippen LogP) is 5.93. The molecule has 1 N–H and O–H groups in total. The van der Waals surface area contributed by atoms with Crippen molar-refractivity contribution < 1.29 is 9.53 Å². The smallest absolute Gasteiger partial charge is 0.228 e. The number of halogens is 1. The first-order valence-electron chi connectivity index (χ1n) is 8.40. The highest BCUT2D eigenvalue weighted by Gasteiger charge is 2.11. The number of benzene rings is 3. The normalized spacial score (nSPS) is 10.4. The molecule has 132 valence electrons. The molecule has 0 aliphatic heterocycles. The van der Waals surface area contributed by atoms with Crippen molar-refractivity contribution in [3.63, 3.8) is 0 Å². The van der Waals surface area contributed by atoms with Crippen LogP contribution in [0.15, 0.2) is 66.7 Å². The molecule has 0 spiro atoms. The van der Waals surface area contributed by atoms with Gasteiger partial charge in [0.1, 0.15) is 5.75 Å². The van der Waals surface area contributed by atoms with Crippen LogP contribution in [0, 0.1) is 13.8 Å². The van der Waals surface area contributed by atoms with Gasteiger partial charge < -0.3 is 10.1 Å². The summed E-state index contributed by atoms with van der Waals surface area (Å²) in [5, 5.41) is 3.44. The maximum absolute atomic E-state index is 12.5. The summed E-state index contributed by atoms with van der Waals surface area (Å²) in [6.07, 6.45) is 0.290. The first-order valence-corrected chi connectivity index (χ1v) is 8.77. The van der Waals surface area contributed by atoms with E-state index in [2.05, 4.69) is 12.2 Å². The van der Waals surface area contributed by atoms with E-state index in [9.17, 15) is 4.79 Å². The first kappa shape index (κ1) is 18.0. The number of rotatable bonds is 5.